The van der Waals surface area contributed by atoms with Crippen LogP contribution in [0.5, 0.6) is 0 Å². The van der Waals surface area contributed by atoms with Crippen molar-refractivity contribution in [3.8, 4) is 0 Å². The number of rotatable bonds is 6. The Bertz CT molecular complexity index is 520. The van der Waals surface area contributed by atoms with Crippen LogP contribution in [0.4, 0.5) is 5.69 Å². The number of anilines is 1. The third-order valence-electron chi connectivity index (χ3n) is 3.26. The van der Waals surface area contributed by atoms with Crippen molar-refractivity contribution in [3.05, 3.63) is 28.8 Å². The van der Waals surface area contributed by atoms with Gasteiger partial charge in [0.05, 0.1) is 12.6 Å². The minimum absolute atomic E-state index is 0.0377. The summed E-state index contributed by atoms with van der Waals surface area (Å²) in [6, 6.07) is 4.91. The zero-order valence-electron chi connectivity index (χ0n) is 12.9. The monoisotopic (exact) mass is 311 g/mol. The molecule has 0 aromatic heterocycles. The van der Waals surface area contributed by atoms with E-state index in [1.807, 2.05) is 19.9 Å². The SMILES string of the molecule is CCN(C)C(=O)C(C)NCC(=O)Nc1cc(Cl)ccc1C. The molecule has 1 aromatic carbocycles. The first kappa shape index (κ1) is 17.5. The molecule has 116 valence electrons. The maximum Gasteiger partial charge on any atom is 0.239 e. The lowest BCUT2D eigenvalue weighted by Crippen LogP contribution is -2.45. The van der Waals surface area contributed by atoms with Crippen molar-refractivity contribution in [1.82, 2.24) is 10.2 Å². The molecular weight excluding hydrogens is 290 g/mol. The molecule has 0 heterocycles. The Morgan fingerprint density at radius 1 is 1.38 bits per heavy atom. The minimum Gasteiger partial charge on any atom is -0.345 e. The maximum absolute atomic E-state index is 11.9. The van der Waals surface area contributed by atoms with Gasteiger partial charge < -0.3 is 10.2 Å². The van der Waals surface area contributed by atoms with E-state index in [1.54, 1.807) is 31.0 Å². The van der Waals surface area contributed by atoms with Gasteiger partial charge in [0.25, 0.3) is 0 Å². The first-order chi connectivity index (χ1) is 9.85. The predicted octanol–water partition coefficient (Wildman–Crippen LogP) is 2.04. The number of amides is 2. The fourth-order valence-electron chi connectivity index (χ4n) is 1.74. The maximum atomic E-state index is 11.9. The zero-order chi connectivity index (χ0) is 16.0. The summed E-state index contributed by atoms with van der Waals surface area (Å²) in [6.07, 6.45) is 0. The van der Waals surface area contributed by atoms with Crippen molar-refractivity contribution in [1.29, 1.82) is 0 Å². The summed E-state index contributed by atoms with van der Waals surface area (Å²) in [5, 5.41) is 6.26. The van der Waals surface area contributed by atoms with Gasteiger partial charge in [0.2, 0.25) is 11.8 Å². The molecule has 0 radical (unpaired) electrons. The molecule has 0 aliphatic heterocycles. The lowest BCUT2D eigenvalue weighted by Gasteiger charge is -2.20. The van der Waals surface area contributed by atoms with Crippen LogP contribution in [0.1, 0.15) is 19.4 Å². The topological polar surface area (TPSA) is 61.4 Å². The second-order valence-electron chi connectivity index (χ2n) is 4.96. The third-order valence-corrected chi connectivity index (χ3v) is 3.50. The zero-order valence-corrected chi connectivity index (χ0v) is 13.6. The van der Waals surface area contributed by atoms with E-state index in [0.29, 0.717) is 17.3 Å². The Morgan fingerprint density at radius 2 is 2.05 bits per heavy atom. The number of likely N-dealkylation sites (N-methyl/N-ethyl adjacent to an activating group) is 1. The van der Waals surface area contributed by atoms with E-state index in [9.17, 15) is 9.59 Å². The van der Waals surface area contributed by atoms with Gasteiger partial charge in [0.15, 0.2) is 0 Å². The Hall–Kier alpha value is -1.59. The van der Waals surface area contributed by atoms with Crippen LogP contribution in [0.15, 0.2) is 18.2 Å². The molecule has 0 saturated heterocycles. The molecule has 2 amide bonds. The average Bonchev–Trinajstić information content (AvgIpc) is 2.46. The molecule has 1 atom stereocenters. The molecule has 1 aromatic rings. The molecule has 6 heteroatoms. The lowest BCUT2D eigenvalue weighted by molar-refractivity contribution is -0.131. The Kier molecular flexibility index (Phi) is 6.65. The molecule has 0 spiro atoms. The number of halogens is 1. The van der Waals surface area contributed by atoms with Crippen LogP contribution in [0.25, 0.3) is 0 Å². The fourth-order valence-corrected chi connectivity index (χ4v) is 1.91. The minimum atomic E-state index is -0.402. The van der Waals surface area contributed by atoms with Crippen molar-refractivity contribution in [3.63, 3.8) is 0 Å². The smallest absolute Gasteiger partial charge is 0.239 e. The van der Waals surface area contributed by atoms with Crippen molar-refractivity contribution in [2.45, 2.75) is 26.8 Å². The summed E-state index contributed by atoms with van der Waals surface area (Å²) in [5.74, 6) is -0.247. The molecule has 0 aliphatic rings. The summed E-state index contributed by atoms with van der Waals surface area (Å²) in [4.78, 5) is 25.4. The highest BCUT2D eigenvalue weighted by Crippen LogP contribution is 2.19. The first-order valence-electron chi connectivity index (χ1n) is 6.89. The van der Waals surface area contributed by atoms with Gasteiger partial charge in [-0.2, -0.15) is 0 Å². The summed E-state index contributed by atoms with van der Waals surface area (Å²) < 4.78 is 0. The number of nitrogens with zero attached hydrogens (tertiary/aromatic N) is 1. The van der Waals surface area contributed by atoms with Crippen molar-refractivity contribution in [2.75, 3.05) is 25.5 Å². The van der Waals surface area contributed by atoms with Gasteiger partial charge in [0, 0.05) is 24.3 Å². The number of aryl methyl sites for hydroxylation is 1. The second-order valence-corrected chi connectivity index (χ2v) is 5.40. The number of carbonyl (C=O) groups excluding carboxylic acids is 2. The third kappa shape index (κ3) is 5.36. The number of nitrogens with one attached hydrogen (secondary N) is 2. The number of hydrogen-bond acceptors (Lipinski definition) is 3. The molecule has 5 nitrogen and oxygen atoms in total. The van der Waals surface area contributed by atoms with Gasteiger partial charge in [-0.15, -0.1) is 0 Å². The van der Waals surface area contributed by atoms with E-state index in [-0.39, 0.29) is 18.4 Å². The number of hydrogen-bond donors (Lipinski definition) is 2. The Balaban J connectivity index is 2.51. The molecule has 2 N–H and O–H groups in total. The molecule has 0 bridgehead atoms. The van der Waals surface area contributed by atoms with Crippen molar-refractivity contribution >= 4 is 29.1 Å². The first-order valence-corrected chi connectivity index (χ1v) is 7.27. The van der Waals surface area contributed by atoms with E-state index < -0.39 is 6.04 Å². The lowest BCUT2D eigenvalue weighted by atomic mass is 10.2. The van der Waals surface area contributed by atoms with Crippen LogP contribution in [0.3, 0.4) is 0 Å². The van der Waals surface area contributed by atoms with Gasteiger partial charge in [-0.3, -0.25) is 14.9 Å². The van der Waals surface area contributed by atoms with Gasteiger partial charge in [-0.05, 0) is 38.5 Å². The highest BCUT2D eigenvalue weighted by molar-refractivity contribution is 6.31. The molecule has 0 saturated carbocycles. The standard InChI is InChI=1S/C15H22ClN3O2/c1-5-19(4)15(21)11(3)17-9-14(20)18-13-8-12(16)7-6-10(13)2/h6-8,11,17H,5,9H2,1-4H3,(H,18,20). The quantitative estimate of drug-likeness (QED) is 0.845. The molecule has 21 heavy (non-hydrogen) atoms. The Labute approximate surface area is 130 Å². The molecule has 0 aliphatic carbocycles. The number of carbonyl (C=O) groups is 2. The fraction of sp³-hybridized carbons (Fsp3) is 0.467. The molecule has 1 rings (SSSR count). The van der Waals surface area contributed by atoms with Gasteiger partial charge in [-0.25, -0.2) is 0 Å². The van der Waals surface area contributed by atoms with Crippen molar-refractivity contribution in [2.24, 2.45) is 0 Å². The normalized spacial score (nSPS) is 11.9. The summed E-state index contributed by atoms with van der Waals surface area (Å²) in [6.45, 7) is 6.24. The van der Waals surface area contributed by atoms with E-state index in [2.05, 4.69) is 10.6 Å². The van der Waals surface area contributed by atoms with Gasteiger partial charge >= 0.3 is 0 Å². The van der Waals surface area contributed by atoms with Crippen LogP contribution < -0.4 is 10.6 Å². The highest BCUT2D eigenvalue weighted by Gasteiger charge is 2.16. The number of benzene rings is 1. The van der Waals surface area contributed by atoms with Crippen LogP contribution >= 0.6 is 11.6 Å². The van der Waals surface area contributed by atoms with Crippen LogP contribution in [-0.4, -0.2) is 42.9 Å². The van der Waals surface area contributed by atoms with Crippen LogP contribution in [-0.2, 0) is 9.59 Å². The highest BCUT2D eigenvalue weighted by atomic mass is 35.5. The summed E-state index contributed by atoms with van der Waals surface area (Å²) in [5.41, 5.74) is 1.61. The largest absolute Gasteiger partial charge is 0.345 e. The second kappa shape index (κ2) is 8.00. The predicted molar refractivity (Wildman–Crippen MR) is 85.6 cm³/mol. The van der Waals surface area contributed by atoms with Gasteiger partial charge in [0.1, 0.15) is 0 Å². The summed E-state index contributed by atoms with van der Waals surface area (Å²) in [7, 11) is 1.73. The van der Waals surface area contributed by atoms with E-state index in [4.69, 9.17) is 11.6 Å². The van der Waals surface area contributed by atoms with E-state index in [1.165, 1.54) is 0 Å². The van der Waals surface area contributed by atoms with E-state index in [0.717, 1.165) is 5.56 Å². The Morgan fingerprint density at radius 3 is 2.67 bits per heavy atom. The molecular formula is C15H22ClN3O2. The molecule has 0 fully saturated rings. The van der Waals surface area contributed by atoms with Gasteiger partial charge in [-0.1, -0.05) is 17.7 Å². The summed E-state index contributed by atoms with van der Waals surface area (Å²) >= 11 is 5.90. The van der Waals surface area contributed by atoms with E-state index >= 15 is 0 Å². The average molecular weight is 312 g/mol. The van der Waals surface area contributed by atoms with Crippen LogP contribution in [0.2, 0.25) is 5.02 Å². The molecule has 1 unspecified atom stereocenters. The van der Waals surface area contributed by atoms with Crippen LogP contribution in [0, 0.1) is 6.92 Å². The van der Waals surface area contributed by atoms with Crippen molar-refractivity contribution < 1.29 is 9.59 Å².